The van der Waals surface area contributed by atoms with Gasteiger partial charge in [-0.3, -0.25) is 4.79 Å². The van der Waals surface area contributed by atoms with Gasteiger partial charge in [-0.1, -0.05) is 6.07 Å². The second-order valence-electron chi connectivity index (χ2n) is 6.73. The van der Waals surface area contributed by atoms with Gasteiger partial charge in [0.15, 0.2) is 0 Å². The van der Waals surface area contributed by atoms with Crippen molar-refractivity contribution in [2.24, 2.45) is 5.92 Å². The fourth-order valence-corrected chi connectivity index (χ4v) is 3.91. The van der Waals surface area contributed by atoms with Crippen LogP contribution in [0.4, 0.5) is 0 Å². The molecule has 2 saturated heterocycles. The van der Waals surface area contributed by atoms with Crippen molar-refractivity contribution in [1.29, 1.82) is 0 Å². The fraction of sp³-hybridized carbons (Fsp3) is 0.500. The summed E-state index contributed by atoms with van der Waals surface area (Å²) >= 11 is 0. The van der Waals surface area contributed by atoms with Gasteiger partial charge in [0.1, 0.15) is 12.4 Å². The molecule has 4 heteroatoms. The number of hydrogen-bond donors (Lipinski definition) is 1. The van der Waals surface area contributed by atoms with E-state index in [4.69, 9.17) is 4.74 Å². The normalized spacial score (nSPS) is 29.3. The van der Waals surface area contributed by atoms with Gasteiger partial charge in [0.2, 0.25) is 0 Å². The molecule has 0 aromatic heterocycles. The molecule has 1 N–H and O–H groups in total. The molecule has 3 aliphatic rings. The summed E-state index contributed by atoms with van der Waals surface area (Å²) in [7, 11) is 0. The van der Waals surface area contributed by atoms with E-state index in [2.05, 4.69) is 23.2 Å². The molecule has 1 amide bonds. The van der Waals surface area contributed by atoms with Gasteiger partial charge in [0, 0.05) is 30.3 Å². The van der Waals surface area contributed by atoms with E-state index in [1.807, 2.05) is 18.2 Å². The number of fused-ring (bicyclic) bond motifs is 3. The first-order valence-electron chi connectivity index (χ1n) is 8.16. The zero-order valence-electron chi connectivity index (χ0n) is 13.0. The molecule has 3 atom stereocenters. The van der Waals surface area contributed by atoms with Crippen molar-refractivity contribution in [3.63, 3.8) is 0 Å². The Morgan fingerprint density at radius 1 is 1.36 bits per heavy atom. The van der Waals surface area contributed by atoms with E-state index in [1.165, 1.54) is 25.1 Å². The number of carbonyl (C=O) groups is 1. The number of amides is 1. The second-order valence-corrected chi connectivity index (χ2v) is 6.73. The van der Waals surface area contributed by atoms with Gasteiger partial charge in [-0.05, 0) is 56.0 Å². The van der Waals surface area contributed by atoms with Crippen LogP contribution in [0.5, 0.6) is 5.75 Å². The zero-order valence-corrected chi connectivity index (χ0v) is 13.0. The van der Waals surface area contributed by atoms with E-state index in [0.717, 1.165) is 30.2 Å². The van der Waals surface area contributed by atoms with Crippen molar-refractivity contribution in [2.75, 3.05) is 26.2 Å². The highest BCUT2D eigenvalue weighted by Gasteiger charge is 2.33. The minimum atomic E-state index is 0.0195. The third-order valence-electron chi connectivity index (χ3n) is 5.10. The molecule has 2 fully saturated rings. The van der Waals surface area contributed by atoms with Crippen LogP contribution < -0.4 is 10.1 Å². The molecule has 0 aliphatic carbocycles. The Labute approximate surface area is 131 Å². The quantitative estimate of drug-likeness (QED) is 0.911. The van der Waals surface area contributed by atoms with E-state index in [-0.39, 0.29) is 11.9 Å². The maximum Gasteiger partial charge on any atom is 0.251 e. The van der Waals surface area contributed by atoms with E-state index in [9.17, 15) is 4.79 Å². The van der Waals surface area contributed by atoms with Crippen molar-refractivity contribution in [3.8, 4) is 5.75 Å². The van der Waals surface area contributed by atoms with E-state index in [0.29, 0.717) is 12.2 Å². The monoisotopic (exact) mass is 298 g/mol. The molecular formula is C18H22N2O2. The number of hydrogen-bond acceptors (Lipinski definition) is 3. The maximum absolute atomic E-state index is 12.5. The smallest absolute Gasteiger partial charge is 0.251 e. The summed E-state index contributed by atoms with van der Waals surface area (Å²) in [5.41, 5.74) is 3.00. The number of carbonyl (C=O) groups excluding carboxylic acids is 1. The summed E-state index contributed by atoms with van der Waals surface area (Å²) in [4.78, 5) is 15.0. The summed E-state index contributed by atoms with van der Waals surface area (Å²) in [5.74, 6) is 1.60. The lowest BCUT2D eigenvalue weighted by Crippen LogP contribution is -2.47. The molecule has 1 unspecified atom stereocenters. The SMILES string of the molecule is CC1=CCOc2cc(C(=O)N[C@@H]3C[C@H]4CCN(C4)C3)ccc21. The molecule has 3 aliphatic heterocycles. The van der Waals surface area contributed by atoms with Crippen molar-refractivity contribution in [1.82, 2.24) is 10.2 Å². The molecule has 116 valence electrons. The van der Waals surface area contributed by atoms with Gasteiger partial charge in [0.05, 0.1) is 0 Å². The Hall–Kier alpha value is -1.81. The Balaban J connectivity index is 1.48. The van der Waals surface area contributed by atoms with Crippen molar-refractivity contribution in [3.05, 3.63) is 35.4 Å². The minimum absolute atomic E-state index is 0.0195. The molecule has 1 aromatic carbocycles. The highest BCUT2D eigenvalue weighted by molar-refractivity contribution is 5.95. The summed E-state index contributed by atoms with van der Waals surface area (Å²) in [6, 6.07) is 6.05. The average Bonchev–Trinajstić information content (AvgIpc) is 2.86. The Bertz CT molecular complexity index is 626. The lowest BCUT2D eigenvalue weighted by molar-refractivity contribution is 0.0909. The minimum Gasteiger partial charge on any atom is -0.489 e. The highest BCUT2D eigenvalue weighted by Crippen LogP contribution is 2.31. The largest absolute Gasteiger partial charge is 0.489 e. The summed E-state index contributed by atoms with van der Waals surface area (Å²) in [5, 5.41) is 3.20. The van der Waals surface area contributed by atoms with Crippen molar-refractivity contribution < 1.29 is 9.53 Å². The lowest BCUT2D eigenvalue weighted by atomic mass is 9.96. The maximum atomic E-state index is 12.5. The molecule has 4 rings (SSSR count). The molecule has 1 aromatic rings. The first-order valence-corrected chi connectivity index (χ1v) is 8.16. The van der Waals surface area contributed by atoms with Gasteiger partial charge < -0.3 is 15.0 Å². The van der Waals surface area contributed by atoms with Crippen LogP contribution in [0.2, 0.25) is 0 Å². The van der Waals surface area contributed by atoms with Crippen molar-refractivity contribution in [2.45, 2.75) is 25.8 Å². The Kier molecular flexibility index (Phi) is 3.41. The van der Waals surface area contributed by atoms with E-state index >= 15 is 0 Å². The van der Waals surface area contributed by atoms with Crippen LogP contribution in [0.25, 0.3) is 5.57 Å². The molecule has 0 spiro atoms. The van der Waals surface area contributed by atoms with Gasteiger partial charge in [-0.25, -0.2) is 0 Å². The summed E-state index contributed by atoms with van der Waals surface area (Å²) < 4.78 is 5.65. The predicted octanol–water partition coefficient (Wildman–Crippen LogP) is 2.31. The second kappa shape index (κ2) is 5.43. The molecule has 2 bridgehead atoms. The van der Waals surface area contributed by atoms with Gasteiger partial charge in [-0.2, -0.15) is 0 Å². The van der Waals surface area contributed by atoms with Crippen LogP contribution in [0.15, 0.2) is 24.3 Å². The number of ether oxygens (including phenoxy) is 1. The molecule has 0 saturated carbocycles. The first kappa shape index (κ1) is 13.8. The fourth-order valence-electron chi connectivity index (χ4n) is 3.91. The molecule has 0 radical (unpaired) electrons. The third-order valence-corrected chi connectivity index (χ3v) is 5.10. The standard InChI is InChI=1S/C18H22N2O2/c1-12-5-7-22-17-9-14(2-3-16(12)17)18(21)19-15-8-13-4-6-20(10-13)11-15/h2-3,5,9,13,15H,4,6-8,10-11H2,1H3,(H,19,21)/t13-,15-/m1/s1. The van der Waals surface area contributed by atoms with E-state index < -0.39 is 0 Å². The summed E-state index contributed by atoms with van der Waals surface area (Å²) in [6.07, 6.45) is 4.46. The van der Waals surface area contributed by atoms with Crippen LogP contribution in [-0.4, -0.2) is 43.1 Å². The molecule has 3 heterocycles. The molecular weight excluding hydrogens is 276 g/mol. The van der Waals surface area contributed by atoms with Crippen molar-refractivity contribution >= 4 is 11.5 Å². The van der Waals surface area contributed by atoms with Gasteiger partial charge in [0.25, 0.3) is 5.91 Å². The number of rotatable bonds is 2. The van der Waals surface area contributed by atoms with Gasteiger partial charge >= 0.3 is 0 Å². The summed E-state index contributed by atoms with van der Waals surface area (Å²) in [6.45, 7) is 6.06. The number of nitrogens with one attached hydrogen (secondary N) is 1. The third kappa shape index (κ3) is 2.52. The average molecular weight is 298 g/mol. The van der Waals surface area contributed by atoms with Crippen LogP contribution in [0.3, 0.4) is 0 Å². The first-order chi connectivity index (χ1) is 10.7. The van der Waals surface area contributed by atoms with Crippen LogP contribution in [0, 0.1) is 5.92 Å². The number of nitrogens with zero attached hydrogens (tertiary/aromatic N) is 1. The predicted molar refractivity (Wildman–Crippen MR) is 86.0 cm³/mol. The van der Waals surface area contributed by atoms with E-state index in [1.54, 1.807) is 0 Å². The van der Waals surface area contributed by atoms with Crippen LogP contribution in [-0.2, 0) is 0 Å². The molecule has 4 nitrogen and oxygen atoms in total. The van der Waals surface area contributed by atoms with Crippen LogP contribution >= 0.6 is 0 Å². The lowest BCUT2D eigenvalue weighted by Gasteiger charge is -2.30. The Morgan fingerprint density at radius 3 is 3.14 bits per heavy atom. The highest BCUT2D eigenvalue weighted by atomic mass is 16.5. The van der Waals surface area contributed by atoms with Crippen LogP contribution in [0.1, 0.15) is 35.7 Å². The number of allylic oxidation sites excluding steroid dienone is 1. The topological polar surface area (TPSA) is 41.6 Å². The Morgan fingerprint density at radius 2 is 2.27 bits per heavy atom. The number of benzene rings is 1. The zero-order chi connectivity index (χ0) is 15.1. The number of piperidine rings is 1. The van der Waals surface area contributed by atoms with Gasteiger partial charge in [-0.15, -0.1) is 0 Å². The molecule has 22 heavy (non-hydrogen) atoms.